The zero-order valence-electron chi connectivity index (χ0n) is 14.3. The monoisotopic (exact) mass is 361 g/mol. The highest BCUT2D eigenvalue weighted by atomic mass is 32.1. The van der Waals surface area contributed by atoms with Gasteiger partial charge in [0.1, 0.15) is 0 Å². The van der Waals surface area contributed by atoms with E-state index in [1.54, 1.807) is 11.3 Å². The number of carbonyl (C=O) groups is 1. The van der Waals surface area contributed by atoms with Gasteiger partial charge in [-0.1, -0.05) is 11.2 Å². The van der Waals surface area contributed by atoms with E-state index in [-0.39, 0.29) is 5.91 Å². The largest absolute Gasteiger partial charge is 0.342 e. The van der Waals surface area contributed by atoms with E-state index in [4.69, 9.17) is 4.52 Å². The van der Waals surface area contributed by atoms with Gasteiger partial charge in [0.15, 0.2) is 0 Å². The Bertz CT molecular complexity index is 688. The van der Waals surface area contributed by atoms with Crippen LogP contribution in [0.2, 0.25) is 0 Å². The first-order valence-corrected chi connectivity index (χ1v) is 9.75. The third kappa shape index (κ3) is 4.08. The molecule has 25 heavy (non-hydrogen) atoms. The Morgan fingerprint density at radius 3 is 2.60 bits per heavy atom. The lowest BCUT2D eigenvalue weighted by atomic mass is 10.3. The SMILES string of the molecule is O=C(CN1CCN(Cc2nc(-c3cccs3)no2)CC1)N1CCCC1. The fraction of sp³-hybridized carbons (Fsp3) is 0.588. The van der Waals surface area contributed by atoms with Crippen LogP contribution in [0.15, 0.2) is 22.0 Å². The van der Waals surface area contributed by atoms with Crippen molar-refractivity contribution in [2.75, 3.05) is 45.8 Å². The van der Waals surface area contributed by atoms with Gasteiger partial charge in [0.05, 0.1) is 18.0 Å². The molecule has 0 aliphatic carbocycles. The lowest BCUT2D eigenvalue weighted by Crippen LogP contribution is -2.49. The number of carbonyl (C=O) groups excluding carboxylic acids is 1. The van der Waals surface area contributed by atoms with E-state index in [1.807, 2.05) is 22.4 Å². The summed E-state index contributed by atoms with van der Waals surface area (Å²) in [6, 6.07) is 3.98. The molecule has 0 bridgehead atoms. The smallest absolute Gasteiger partial charge is 0.241 e. The van der Waals surface area contributed by atoms with E-state index in [2.05, 4.69) is 19.9 Å². The number of hydrogen-bond acceptors (Lipinski definition) is 7. The Morgan fingerprint density at radius 1 is 1.12 bits per heavy atom. The zero-order valence-corrected chi connectivity index (χ0v) is 15.1. The maximum Gasteiger partial charge on any atom is 0.241 e. The Hall–Kier alpha value is -1.77. The van der Waals surface area contributed by atoms with E-state index < -0.39 is 0 Å². The van der Waals surface area contributed by atoms with Crippen molar-refractivity contribution in [2.45, 2.75) is 19.4 Å². The molecule has 1 amide bonds. The molecule has 4 heterocycles. The third-order valence-electron chi connectivity index (χ3n) is 4.85. The molecule has 0 N–H and O–H groups in total. The van der Waals surface area contributed by atoms with Gasteiger partial charge < -0.3 is 9.42 Å². The second kappa shape index (κ2) is 7.63. The van der Waals surface area contributed by atoms with E-state index in [1.165, 1.54) is 0 Å². The van der Waals surface area contributed by atoms with Gasteiger partial charge in [-0.25, -0.2) is 0 Å². The van der Waals surface area contributed by atoms with Crippen LogP contribution in [-0.2, 0) is 11.3 Å². The molecule has 2 fully saturated rings. The normalized spacial score (nSPS) is 19.6. The van der Waals surface area contributed by atoms with Crippen molar-refractivity contribution in [2.24, 2.45) is 0 Å². The van der Waals surface area contributed by atoms with Crippen LogP contribution >= 0.6 is 11.3 Å². The highest BCUT2D eigenvalue weighted by molar-refractivity contribution is 7.13. The van der Waals surface area contributed by atoms with Gasteiger partial charge in [-0.2, -0.15) is 4.98 Å². The van der Waals surface area contributed by atoms with Gasteiger partial charge in [-0.05, 0) is 24.3 Å². The number of rotatable bonds is 5. The molecule has 2 aliphatic heterocycles. The van der Waals surface area contributed by atoms with Gasteiger partial charge >= 0.3 is 0 Å². The van der Waals surface area contributed by atoms with Crippen LogP contribution in [0, 0.1) is 0 Å². The van der Waals surface area contributed by atoms with Gasteiger partial charge in [0.2, 0.25) is 17.6 Å². The van der Waals surface area contributed by atoms with Crippen molar-refractivity contribution in [1.29, 1.82) is 0 Å². The van der Waals surface area contributed by atoms with Crippen LogP contribution in [0.4, 0.5) is 0 Å². The topological polar surface area (TPSA) is 65.7 Å². The van der Waals surface area contributed by atoms with Crippen molar-refractivity contribution in [3.63, 3.8) is 0 Å². The van der Waals surface area contributed by atoms with Crippen molar-refractivity contribution in [3.8, 4) is 10.7 Å². The summed E-state index contributed by atoms with van der Waals surface area (Å²) < 4.78 is 5.38. The maximum absolute atomic E-state index is 12.2. The first-order valence-electron chi connectivity index (χ1n) is 8.87. The summed E-state index contributed by atoms with van der Waals surface area (Å²) in [4.78, 5) is 24.3. The van der Waals surface area contributed by atoms with E-state index in [9.17, 15) is 4.79 Å². The summed E-state index contributed by atoms with van der Waals surface area (Å²) in [7, 11) is 0. The molecule has 7 nitrogen and oxygen atoms in total. The number of hydrogen-bond donors (Lipinski definition) is 0. The predicted molar refractivity (Wildman–Crippen MR) is 95.1 cm³/mol. The van der Waals surface area contributed by atoms with Crippen molar-refractivity contribution < 1.29 is 9.32 Å². The zero-order chi connectivity index (χ0) is 17.1. The van der Waals surface area contributed by atoms with Gasteiger partial charge in [-0.15, -0.1) is 11.3 Å². The summed E-state index contributed by atoms with van der Waals surface area (Å²) in [6.45, 7) is 6.75. The lowest BCUT2D eigenvalue weighted by molar-refractivity contribution is -0.131. The molecule has 0 unspecified atom stereocenters. The highest BCUT2D eigenvalue weighted by Crippen LogP contribution is 2.21. The molecule has 0 atom stereocenters. The number of thiophene rings is 1. The van der Waals surface area contributed by atoms with Gasteiger partial charge in [-0.3, -0.25) is 14.6 Å². The standard InChI is InChI=1S/C17H23N5O2S/c23-16(22-5-1-2-6-22)13-21-9-7-20(8-10-21)12-15-18-17(19-24-15)14-4-3-11-25-14/h3-4,11H,1-2,5-10,12-13H2. The van der Waals surface area contributed by atoms with Crippen LogP contribution in [0.3, 0.4) is 0 Å². The summed E-state index contributed by atoms with van der Waals surface area (Å²) >= 11 is 1.61. The molecule has 0 spiro atoms. The van der Waals surface area contributed by atoms with Crippen LogP contribution < -0.4 is 0 Å². The molecule has 4 rings (SSSR count). The molecule has 2 aromatic rings. The second-order valence-corrected chi connectivity index (χ2v) is 7.58. The minimum atomic E-state index is 0.281. The van der Waals surface area contributed by atoms with Gasteiger partial charge in [0.25, 0.3) is 0 Å². The summed E-state index contributed by atoms with van der Waals surface area (Å²) in [6.07, 6.45) is 2.30. The summed E-state index contributed by atoms with van der Waals surface area (Å²) in [5, 5.41) is 6.07. The number of aromatic nitrogens is 2. The van der Waals surface area contributed by atoms with Crippen molar-refractivity contribution >= 4 is 17.2 Å². The van der Waals surface area contributed by atoms with Crippen molar-refractivity contribution in [3.05, 3.63) is 23.4 Å². The Labute approximate surface area is 151 Å². The number of likely N-dealkylation sites (tertiary alicyclic amines) is 1. The molecule has 0 aromatic carbocycles. The molecule has 2 saturated heterocycles. The maximum atomic E-state index is 12.2. The van der Waals surface area contributed by atoms with Crippen LogP contribution in [0.5, 0.6) is 0 Å². The predicted octanol–water partition coefficient (Wildman–Crippen LogP) is 1.54. The molecule has 2 aromatic heterocycles. The lowest BCUT2D eigenvalue weighted by Gasteiger charge is -2.34. The summed E-state index contributed by atoms with van der Waals surface area (Å²) in [5.41, 5.74) is 0. The number of nitrogens with zero attached hydrogens (tertiary/aromatic N) is 5. The quantitative estimate of drug-likeness (QED) is 0.805. The number of piperazine rings is 1. The average Bonchev–Trinajstić information content (AvgIpc) is 3.38. The molecule has 0 saturated carbocycles. The van der Waals surface area contributed by atoms with Gasteiger partial charge in [0, 0.05) is 39.3 Å². The molecule has 8 heteroatoms. The molecular weight excluding hydrogens is 338 g/mol. The Balaban J connectivity index is 1.24. The van der Waals surface area contributed by atoms with Crippen LogP contribution in [0.1, 0.15) is 18.7 Å². The molecule has 2 aliphatic rings. The van der Waals surface area contributed by atoms with E-state index >= 15 is 0 Å². The average molecular weight is 361 g/mol. The Kier molecular flexibility index (Phi) is 5.09. The van der Waals surface area contributed by atoms with E-state index in [0.717, 1.165) is 57.0 Å². The molecule has 134 valence electrons. The fourth-order valence-electron chi connectivity index (χ4n) is 3.38. The molecular formula is C17H23N5O2S. The minimum Gasteiger partial charge on any atom is -0.342 e. The second-order valence-electron chi connectivity index (χ2n) is 6.63. The Morgan fingerprint density at radius 2 is 1.88 bits per heavy atom. The minimum absolute atomic E-state index is 0.281. The third-order valence-corrected chi connectivity index (χ3v) is 5.72. The van der Waals surface area contributed by atoms with Crippen molar-refractivity contribution in [1.82, 2.24) is 24.8 Å². The first kappa shape index (κ1) is 16.7. The number of amides is 1. The van der Waals surface area contributed by atoms with Crippen LogP contribution in [-0.4, -0.2) is 76.6 Å². The fourth-order valence-corrected chi connectivity index (χ4v) is 4.03. The molecule has 0 radical (unpaired) electrons. The summed E-state index contributed by atoms with van der Waals surface area (Å²) in [5.74, 6) is 1.60. The van der Waals surface area contributed by atoms with E-state index in [0.29, 0.717) is 24.8 Å². The first-order chi connectivity index (χ1) is 12.3. The highest BCUT2D eigenvalue weighted by Gasteiger charge is 2.24. The van der Waals surface area contributed by atoms with Crippen LogP contribution in [0.25, 0.3) is 10.7 Å².